The third-order valence-electron chi connectivity index (χ3n) is 16.0. The van der Waals surface area contributed by atoms with Gasteiger partial charge in [0.1, 0.15) is 11.5 Å². The molecule has 4 fully saturated rings. The minimum Gasteiger partial charge on any atom is -0.457 e. The van der Waals surface area contributed by atoms with Crippen LogP contribution in [0.4, 0.5) is 17.1 Å². The highest BCUT2D eigenvalue weighted by molar-refractivity contribution is 5.90. The lowest BCUT2D eigenvalue weighted by Crippen LogP contribution is -2.74. The zero-order chi connectivity index (χ0) is 36.2. The van der Waals surface area contributed by atoms with Crippen molar-refractivity contribution in [1.82, 2.24) is 0 Å². The SMILES string of the molecule is CC1(C)CCC(C)(C)c2c(N(c3ccc(-c4ccc5c(c4)C4(c6ccccc6O5)C5CC6CC7CC4C75C6)cc3)c3ccc4ccccc4c3)cccc21. The molecule has 2 heteroatoms. The summed E-state index contributed by atoms with van der Waals surface area (Å²) in [6.07, 6.45) is 8.11. The lowest BCUT2D eigenvalue weighted by atomic mass is 9.26. The summed E-state index contributed by atoms with van der Waals surface area (Å²) in [6.45, 7) is 9.75. The van der Waals surface area contributed by atoms with Crippen molar-refractivity contribution in [3.05, 3.63) is 150 Å². The van der Waals surface area contributed by atoms with E-state index in [9.17, 15) is 0 Å². The highest BCUT2D eigenvalue weighted by atomic mass is 16.5. The van der Waals surface area contributed by atoms with Crippen molar-refractivity contribution in [2.75, 3.05) is 4.90 Å². The zero-order valence-corrected chi connectivity index (χ0v) is 32.0. The largest absolute Gasteiger partial charge is 0.457 e. The minimum absolute atomic E-state index is 0.0651. The first-order chi connectivity index (χ1) is 26.2. The summed E-state index contributed by atoms with van der Waals surface area (Å²) in [6, 6.07) is 48.3. The van der Waals surface area contributed by atoms with Crippen molar-refractivity contribution in [1.29, 1.82) is 0 Å². The van der Waals surface area contributed by atoms with Crippen LogP contribution in [0.15, 0.2) is 127 Å². The first-order valence-electron chi connectivity index (χ1n) is 20.6. The van der Waals surface area contributed by atoms with Gasteiger partial charge in [0.15, 0.2) is 0 Å². The van der Waals surface area contributed by atoms with Gasteiger partial charge in [-0.3, -0.25) is 0 Å². The maximum atomic E-state index is 6.74. The van der Waals surface area contributed by atoms with Gasteiger partial charge in [-0.25, -0.2) is 0 Å². The number of anilines is 3. The molecule has 2 nitrogen and oxygen atoms in total. The Bertz CT molecular complexity index is 2540. The molecule has 0 aromatic heterocycles. The molecule has 0 N–H and O–H groups in total. The zero-order valence-electron chi connectivity index (χ0n) is 32.0. The molecule has 2 bridgehead atoms. The van der Waals surface area contributed by atoms with Crippen LogP contribution in [0.5, 0.6) is 11.5 Å². The van der Waals surface area contributed by atoms with Crippen LogP contribution in [-0.4, -0.2) is 0 Å². The summed E-state index contributed by atoms with van der Waals surface area (Å²) in [4.78, 5) is 2.53. The van der Waals surface area contributed by atoms with E-state index in [0.29, 0.717) is 5.41 Å². The van der Waals surface area contributed by atoms with Gasteiger partial charge in [0.05, 0.1) is 5.69 Å². The number of hydrogen-bond acceptors (Lipinski definition) is 2. The Morgan fingerprint density at radius 3 is 2.11 bits per heavy atom. The molecule has 12 rings (SSSR count). The van der Waals surface area contributed by atoms with Crippen LogP contribution in [0.3, 0.4) is 0 Å². The Labute approximate surface area is 320 Å². The van der Waals surface area contributed by atoms with Crippen LogP contribution in [-0.2, 0) is 16.2 Å². The smallest absolute Gasteiger partial charge is 0.131 e. The molecule has 6 aliphatic rings. The average molecular weight is 704 g/mol. The van der Waals surface area contributed by atoms with Gasteiger partial charge in [-0.05, 0) is 160 Å². The Morgan fingerprint density at radius 2 is 1.26 bits per heavy atom. The predicted molar refractivity (Wildman–Crippen MR) is 222 cm³/mol. The highest BCUT2D eigenvalue weighted by Gasteiger charge is 2.84. The van der Waals surface area contributed by atoms with E-state index in [1.165, 1.54) is 99.7 Å². The van der Waals surface area contributed by atoms with Gasteiger partial charge in [-0.15, -0.1) is 0 Å². The van der Waals surface area contributed by atoms with E-state index < -0.39 is 0 Å². The second-order valence-electron chi connectivity index (χ2n) is 19.3. The van der Waals surface area contributed by atoms with E-state index in [-0.39, 0.29) is 16.2 Å². The fourth-order valence-corrected chi connectivity index (χ4v) is 13.7. The van der Waals surface area contributed by atoms with Crippen LogP contribution in [0.2, 0.25) is 0 Å². The second kappa shape index (κ2) is 10.5. The third-order valence-corrected chi connectivity index (χ3v) is 16.0. The number of benzene rings is 6. The van der Waals surface area contributed by atoms with Crippen molar-refractivity contribution >= 4 is 27.8 Å². The molecular weight excluding hydrogens is 655 g/mol. The van der Waals surface area contributed by atoms with Crippen LogP contribution in [0.1, 0.15) is 88.5 Å². The number of hydrogen-bond donors (Lipinski definition) is 0. The Morgan fingerprint density at radius 1 is 0.556 bits per heavy atom. The predicted octanol–water partition coefficient (Wildman–Crippen LogP) is 13.8. The average Bonchev–Trinajstić information content (AvgIpc) is 3.72. The van der Waals surface area contributed by atoms with E-state index in [1.54, 1.807) is 0 Å². The molecule has 6 aromatic rings. The van der Waals surface area contributed by atoms with Crippen LogP contribution >= 0.6 is 0 Å². The Kier molecular flexibility index (Phi) is 6.12. The lowest BCUT2D eigenvalue weighted by Gasteiger charge is -2.77. The van der Waals surface area contributed by atoms with E-state index >= 15 is 0 Å². The van der Waals surface area contributed by atoms with Gasteiger partial charge in [-0.2, -0.15) is 0 Å². The standard InChI is InChI=1S/C52H49NO/c1-49(2)24-25-50(3,4)48-41(49)13-9-14-43(48)53(39-22-18-33-10-5-6-11-35(33)28-39)38-20-16-34(17-21-38)36-19-23-45-42(29-36)52(40-12-7-8-15-44(40)54-45)46-27-32-26-37-30-47(52)51(37,46)31-32/h5-23,28-29,32,37,46-47H,24-27,30-31H2,1-4H3. The second-order valence-corrected chi connectivity index (χ2v) is 19.3. The normalized spacial score (nSPS) is 29.6. The lowest BCUT2D eigenvalue weighted by molar-refractivity contribution is -0.235. The van der Waals surface area contributed by atoms with Crippen molar-refractivity contribution in [3.63, 3.8) is 0 Å². The number of para-hydroxylation sites is 1. The summed E-state index contributed by atoms with van der Waals surface area (Å²) in [7, 11) is 0. The molecule has 6 atom stereocenters. The van der Waals surface area contributed by atoms with Crippen molar-refractivity contribution in [2.45, 2.75) is 82.5 Å². The van der Waals surface area contributed by atoms with Crippen molar-refractivity contribution in [3.8, 4) is 22.6 Å². The molecular formula is C52H49NO. The molecule has 54 heavy (non-hydrogen) atoms. The molecule has 4 saturated carbocycles. The Hall–Kier alpha value is -4.82. The molecule has 2 spiro atoms. The number of fused-ring (bicyclic) bond motifs is 9. The molecule has 268 valence electrons. The maximum absolute atomic E-state index is 6.74. The van der Waals surface area contributed by atoms with Crippen LogP contribution in [0.25, 0.3) is 21.9 Å². The van der Waals surface area contributed by atoms with Crippen LogP contribution < -0.4 is 9.64 Å². The summed E-state index contributed by atoms with van der Waals surface area (Å²) < 4.78 is 6.74. The fourth-order valence-electron chi connectivity index (χ4n) is 13.7. The summed E-state index contributed by atoms with van der Waals surface area (Å²) >= 11 is 0. The van der Waals surface area contributed by atoms with Crippen molar-refractivity contribution < 1.29 is 4.74 Å². The molecule has 0 saturated heterocycles. The highest BCUT2D eigenvalue weighted by Crippen LogP contribution is 2.89. The molecule has 1 aliphatic heterocycles. The summed E-state index contributed by atoms with van der Waals surface area (Å²) in [5.74, 6) is 5.55. The summed E-state index contributed by atoms with van der Waals surface area (Å²) in [5, 5.41) is 2.53. The van der Waals surface area contributed by atoms with E-state index in [4.69, 9.17) is 4.74 Å². The van der Waals surface area contributed by atoms with Crippen LogP contribution in [0, 0.1) is 29.1 Å². The Balaban J connectivity index is 0.986. The molecule has 5 aliphatic carbocycles. The molecule has 6 unspecified atom stereocenters. The van der Waals surface area contributed by atoms with E-state index in [2.05, 4.69) is 160 Å². The maximum Gasteiger partial charge on any atom is 0.131 e. The first-order valence-corrected chi connectivity index (χ1v) is 20.6. The first kappa shape index (κ1) is 31.5. The van der Waals surface area contributed by atoms with Gasteiger partial charge >= 0.3 is 0 Å². The fraction of sp³-hybridized carbons (Fsp3) is 0.346. The third kappa shape index (κ3) is 3.87. The van der Waals surface area contributed by atoms with Gasteiger partial charge < -0.3 is 9.64 Å². The number of ether oxygens (including phenoxy) is 1. The topological polar surface area (TPSA) is 12.5 Å². The molecule has 0 radical (unpaired) electrons. The number of nitrogens with zero attached hydrogens (tertiary/aromatic N) is 1. The van der Waals surface area contributed by atoms with Gasteiger partial charge in [0, 0.05) is 27.9 Å². The van der Waals surface area contributed by atoms with Gasteiger partial charge in [0.25, 0.3) is 0 Å². The van der Waals surface area contributed by atoms with Crippen molar-refractivity contribution in [2.24, 2.45) is 29.1 Å². The van der Waals surface area contributed by atoms with E-state index in [1.807, 2.05) is 0 Å². The molecule has 0 amide bonds. The molecule has 6 aromatic carbocycles. The van der Waals surface area contributed by atoms with E-state index in [0.717, 1.165) is 35.2 Å². The quantitative estimate of drug-likeness (QED) is 0.181. The minimum atomic E-state index is 0.0651. The summed E-state index contributed by atoms with van der Waals surface area (Å²) in [5.41, 5.74) is 13.0. The van der Waals surface area contributed by atoms with Gasteiger partial charge in [-0.1, -0.05) is 107 Å². The number of rotatable bonds is 4. The monoisotopic (exact) mass is 703 g/mol. The molecule has 1 heterocycles. The van der Waals surface area contributed by atoms with Gasteiger partial charge in [0.2, 0.25) is 0 Å².